The molecule has 1 aromatic carbocycles. The van der Waals surface area contributed by atoms with Gasteiger partial charge in [0, 0.05) is 8.04 Å². The smallest absolute Gasteiger partial charge is 0.338 e. The molecular weight excluding hydrogens is 337 g/mol. The summed E-state index contributed by atoms with van der Waals surface area (Å²) in [4.78, 5) is 10.7. The molecule has 0 saturated heterocycles. The monoisotopic (exact) mass is 341 g/mol. The Bertz CT molecular complexity index is 340. The molecule has 64 valence electrons. The highest BCUT2D eigenvalue weighted by molar-refractivity contribution is 14.1. The summed E-state index contributed by atoms with van der Waals surface area (Å²) in [5.74, 6) is -1.00. The molecule has 3 nitrogen and oxygen atoms in total. The first-order chi connectivity index (χ1) is 5.54. The van der Waals surface area contributed by atoms with Crippen LogP contribution in [0, 0.1) is 3.57 Å². The van der Waals surface area contributed by atoms with Crippen LogP contribution in [0.4, 0.5) is 5.69 Å². The second-order valence-electron chi connectivity index (χ2n) is 2.12. The first kappa shape index (κ1) is 9.79. The summed E-state index contributed by atoms with van der Waals surface area (Å²) in [5.41, 5.74) is 5.98. The van der Waals surface area contributed by atoms with Crippen molar-refractivity contribution in [2.24, 2.45) is 0 Å². The lowest BCUT2D eigenvalue weighted by Crippen LogP contribution is -2.05. The first-order valence-corrected chi connectivity index (χ1v) is 4.88. The number of carboxylic acid groups (broad SMARTS) is 1. The van der Waals surface area contributed by atoms with Gasteiger partial charge < -0.3 is 10.8 Å². The number of rotatable bonds is 1. The SMILES string of the molecule is Nc1c(Br)ccc(I)c1C(=O)O. The van der Waals surface area contributed by atoms with Crippen LogP contribution in [0.3, 0.4) is 0 Å². The molecular formula is C7H5BrINO2. The van der Waals surface area contributed by atoms with Gasteiger partial charge in [-0.3, -0.25) is 0 Å². The predicted molar refractivity (Wildman–Crippen MR) is 58.2 cm³/mol. The Labute approximate surface area is 91.2 Å². The molecule has 0 saturated carbocycles. The molecule has 0 spiro atoms. The van der Waals surface area contributed by atoms with Gasteiger partial charge in [0.15, 0.2) is 0 Å². The molecule has 0 aromatic heterocycles. The minimum absolute atomic E-state index is 0.157. The second-order valence-corrected chi connectivity index (χ2v) is 4.14. The molecule has 3 N–H and O–H groups in total. The summed E-state index contributed by atoms with van der Waals surface area (Å²) in [6.45, 7) is 0. The average Bonchev–Trinajstić information content (AvgIpc) is 1.97. The zero-order chi connectivity index (χ0) is 9.30. The fraction of sp³-hybridized carbons (Fsp3) is 0. The van der Waals surface area contributed by atoms with E-state index in [0.29, 0.717) is 8.04 Å². The maximum Gasteiger partial charge on any atom is 0.338 e. The van der Waals surface area contributed by atoms with Gasteiger partial charge in [-0.2, -0.15) is 0 Å². The van der Waals surface area contributed by atoms with Crippen LogP contribution in [0.25, 0.3) is 0 Å². The maximum absolute atomic E-state index is 10.7. The van der Waals surface area contributed by atoms with Crippen molar-refractivity contribution < 1.29 is 9.90 Å². The summed E-state index contributed by atoms with van der Waals surface area (Å²) in [6, 6.07) is 3.42. The Kier molecular flexibility index (Phi) is 2.94. The molecule has 5 heteroatoms. The summed E-state index contributed by atoms with van der Waals surface area (Å²) in [6.07, 6.45) is 0. The van der Waals surface area contributed by atoms with Gasteiger partial charge in [-0.1, -0.05) is 0 Å². The van der Waals surface area contributed by atoms with Crippen LogP contribution in [0.5, 0.6) is 0 Å². The fourth-order valence-electron chi connectivity index (χ4n) is 0.785. The number of aromatic carboxylic acids is 1. The van der Waals surface area contributed by atoms with Crippen molar-refractivity contribution in [1.82, 2.24) is 0 Å². The molecule has 0 radical (unpaired) electrons. The van der Waals surface area contributed by atoms with Crippen LogP contribution in [-0.2, 0) is 0 Å². The van der Waals surface area contributed by atoms with Crippen molar-refractivity contribution in [3.8, 4) is 0 Å². The number of halogens is 2. The Morgan fingerprint density at radius 1 is 1.58 bits per heavy atom. The van der Waals surface area contributed by atoms with Gasteiger partial charge >= 0.3 is 5.97 Å². The largest absolute Gasteiger partial charge is 0.478 e. The highest BCUT2D eigenvalue weighted by Gasteiger charge is 2.13. The fourth-order valence-corrected chi connectivity index (χ4v) is 1.82. The van der Waals surface area contributed by atoms with E-state index in [4.69, 9.17) is 10.8 Å². The zero-order valence-corrected chi connectivity index (χ0v) is 9.59. The number of carboxylic acids is 1. The highest BCUT2D eigenvalue weighted by Crippen LogP contribution is 2.27. The normalized spacial score (nSPS) is 9.83. The summed E-state index contributed by atoms with van der Waals surface area (Å²) < 4.78 is 1.25. The third kappa shape index (κ3) is 1.71. The van der Waals surface area contributed by atoms with Crippen LogP contribution >= 0.6 is 38.5 Å². The lowest BCUT2D eigenvalue weighted by atomic mass is 10.2. The topological polar surface area (TPSA) is 63.3 Å². The number of hydrogen-bond donors (Lipinski definition) is 2. The Morgan fingerprint density at radius 2 is 2.17 bits per heavy atom. The van der Waals surface area contributed by atoms with E-state index in [9.17, 15) is 4.79 Å². The molecule has 0 unspecified atom stereocenters. The van der Waals surface area contributed by atoms with Gasteiger partial charge in [0.1, 0.15) is 0 Å². The maximum atomic E-state index is 10.7. The van der Waals surface area contributed by atoms with Crippen LogP contribution in [-0.4, -0.2) is 11.1 Å². The molecule has 12 heavy (non-hydrogen) atoms. The number of anilines is 1. The Morgan fingerprint density at radius 3 is 2.58 bits per heavy atom. The van der Waals surface area contributed by atoms with Gasteiger partial charge in [-0.15, -0.1) is 0 Å². The minimum atomic E-state index is -1.00. The molecule has 0 aliphatic rings. The van der Waals surface area contributed by atoms with Crippen molar-refractivity contribution in [2.45, 2.75) is 0 Å². The zero-order valence-electron chi connectivity index (χ0n) is 5.84. The lowest BCUT2D eigenvalue weighted by Gasteiger charge is -2.04. The van der Waals surface area contributed by atoms with Gasteiger partial charge in [0.2, 0.25) is 0 Å². The molecule has 0 fully saturated rings. The molecule has 0 bridgehead atoms. The molecule has 0 heterocycles. The molecule has 1 aromatic rings. The molecule has 0 aliphatic heterocycles. The number of nitrogens with two attached hydrogens (primary N) is 1. The van der Waals surface area contributed by atoms with Crippen molar-refractivity contribution in [3.63, 3.8) is 0 Å². The molecule has 0 atom stereocenters. The summed E-state index contributed by atoms with van der Waals surface area (Å²) >= 11 is 5.09. The quantitative estimate of drug-likeness (QED) is 0.608. The Balaban J connectivity index is 3.43. The molecule has 1 rings (SSSR count). The number of hydrogen-bond acceptors (Lipinski definition) is 2. The second kappa shape index (κ2) is 3.61. The number of nitrogen functional groups attached to an aromatic ring is 1. The predicted octanol–water partition coefficient (Wildman–Crippen LogP) is 2.33. The van der Waals surface area contributed by atoms with E-state index in [1.165, 1.54) is 0 Å². The van der Waals surface area contributed by atoms with Gasteiger partial charge in [-0.05, 0) is 50.7 Å². The minimum Gasteiger partial charge on any atom is -0.478 e. The molecule has 0 amide bonds. The third-order valence-electron chi connectivity index (χ3n) is 1.36. The van der Waals surface area contributed by atoms with E-state index in [1.54, 1.807) is 12.1 Å². The number of benzene rings is 1. The van der Waals surface area contributed by atoms with E-state index in [0.717, 1.165) is 0 Å². The van der Waals surface area contributed by atoms with Gasteiger partial charge in [0.05, 0.1) is 11.3 Å². The van der Waals surface area contributed by atoms with Crippen molar-refractivity contribution in [2.75, 3.05) is 5.73 Å². The first-order valence-electron chi connectivity index (χ1n) is 3.01. The summed E-state index contributed by atoms with van der Waals surface area (Å²) in [5, 5.41) is 8.77. The van der Waals surface area contributed by atoms with E-state index >= 15 is 0 Å². The van der Waals surface area contributed by atoms with Crippen LogP contribution < -0.4 is 5.73 Å². The van der Waals surface area contributed by atoms with E-state index in [-0.39, 0.29) is 11.3 Å². The standard InChI is InChI=1S/C7H5BrINO2/c8-3-1-2-4(9)5(6(3)10)7(11)12/h1-2H,10H2,(H,11,12). The highest BCUT2D eigenvalue weighted by atomic mass is 127. The molecule has 0 aliphatic carbocycles. The van der Waals surface area contributed by atoms with Crippen LogP contribution in [0.2, 0.25) is 0 Å². The Hall–Kier alpha value is -0.300. The lowest BCUT2D eigenvalue weighted by molar-refractivity contribution is 0.0697. The van der Waals surface area contributed by atoms with Gasteiger partial charge in [0.25, 0.3) is 0 Å². The average molecular weight is 342 g/mol. The van der Waals surface area contributed by atoms with Crippen LogP contribution in [0.15, 0.2) is 16.6 Å². The van der Waals surface area contributed by atoms with E-state index in [2.05, 4.69) is 15.9 Å². The van der Waals surface area contributed by atoms with Crippen LogP contribution in [0.1, 0.15) is 10.4 Å². The van der Waals surface area contributed by atoms with Crippen molar-refractivity contribution in [1.29, 1.82) is 0 Å². The van der Waals surface area contributed by atoms with Gasteiger partial charge in [-0.25, -0.2) is 4.79 Å². The third-order valence-corrected chi connectivity index (χ3v) is 2.95. The number of carbonyl (C=O) groups is 1. The summed E-state index contributed by atoms with van der Waals surface area (Å²) in [7, 11) is 0. The van der Waals surface area contributed by atoms with E-state index < -0.39 is 5.97 Å². The van der Waals surface area contributed by atoms with E-state index in [1.807, 2.05) is 22.6 Å². The van der Waals surface area contributed by atoms with Crippen molar-refractivity contribution >= 4 is 50.2 Å². The van der Waals surface area contributed by atoms with Crippen molar-refractivity contribution in [3.05, 3.63) is 25.7 Å².